The molecule has 0 bridgehead atoms. The van der Waals surface area contributed by atoms with Crippen molar-refractivity contribution in [1.29, 1.82) is 0 Å². The normalized spacial score (nSPS) is 15.6. The Labute approximate surface area is 163 Å². The highest BCUT2D eigenvalue weighted by atomic mass is 16.5. The molecular formula is C21H21N5O2. The smallest absolute Gasteiger partial charge is 0.255 e. The maximum Gasteiger partial charge on any atom is 0.255 e. The highest BCUT2D eigenvalue weighted by Crippen LogP contribution is 2.39. The van der Waals surface area contributed by atoms with Gasteiger partial charge in [0.15, 0.2) is 0 Å². The lowest BCUT2D eigenvalue weighted by atomic mass is 9.94. The highest BCUT2D eigenvalue weighted by Gasteiger charge is 2.35. The fourth-order valence-corrected chi connectivity index (χ4v) is 3.47. The van der Waals surface area contributed by atoms with Crippen molar-refractivity contribution in [3.63, 3.8) is 0 Å². The number of nitrogens with zero attached hydrogens (tertiary/aromatic N) is 3. The Morgan fingerprint density at radius 1 is 1.14 bits per heavy atom. The summed E-state index contributed by atoms with van der Waals surface area (Å²) in [5.41, 5.74) is 3.89. The molecule has 0 saturated heterocycles. The molecule has 0 unspecified atom stereocenters. The predicted octanol–water partition coefficient (Wildman–Crippen LogP) is 3.52. The first-order chi connectivity index (χ1) is 13.6. The first kappa shape index (κ1) is 17.8. The van der Waals surface area contributed by atoms with Gasteiger partial charge in [0.1, 0.15) is 18.1 Å². The van der Waals surface area contributed by atoms with Gasteiger partial charge in [0, 0.05) is 16.9 Å². The summed E-state index contributed by atoms with van der Waals surface area (Å²) in [5, 5.41) is 10.6. The van der Waals surface area contributed by atoms with E-state index >= 15 is 0 Å². The molecule has 142 valence electrons. The zero-order valence-corrected chi connectivity index (χ0v) is 15.9. The van der Waals surface area contributed by atoms with Crippen molar-refractivity contribution >= 4 is 17.5 Å². The number of amides is 1. The van der Waals surface area contributed by atoms with Crippen LogP contribution in [0.4, 0.5) is 11.6 Å². The molecule has 4 rings (SSSR count). The van der Waals surface area contributed by atoms with Gasteiger partial charge in [-0.2, -0.15) is 10.1 Å². The van der Waals surface area contributed by atoms with E-state index in [1.54, 1.807) is 11.8 Å². The molecule has 0 fully saturated rings. The van der Waals surface area contributed by atoms with Gasteiger partial charge in [0.2, 0.25) is 5.95 Å². The minimum atomic E-state index is -0.459. The number of carbonyl (C=O) groups is 1. The Kier molecular flexibility index (Phi) is 4.57. The van der Waals surface area contributed by atoms with Crippen LogP contribution in [0.5, 0.6) is 5.75 Å². The van der Waals surface area contributed by atoms with Crippen LogP contribution in [0.2, 0.25) is 0 Å². The number of rotatable bonds is 4. The number of nitrogens with one attached hydrogen (secondary N) is 2. The lowest BCUT2D eigenvalue weighted by molar-refractivity contribution is -0.113. The zero-order valence-electron chi connectivity index (χ0n) is 15.9. The van der Waals surface area contributed by atoms with Crippen molar-refractivity contribution < 1.29 is 9.53 Å². The number of anilines is 2. The predicted molar refractivity (Wildman–Crippen MR) is 107 cm³/mol. The van der Waals surface area contributed by atoms with Crippen LogP contribution in [0.3, 0.4) is 0 Å². The molecule has 1 aliphatic heterocycles. The highest BCUT2D eigenvalue weighted by molar-refractivity contribution is 6.06. The number of aromatic nitrogens is 3. The number of hydrogen-bond donors (Lipinski definition) is 2. The van der Waals surface area contributed by atoms with Gasteiger partial charge in [-0.25, -0.2) is 4.68 Å². The summed E-state index contributed by atoms with van der Waals surface area (Å²) in [6.07, 6.45) is 1.47. The first-order valence-electron chi connectivity index (χ1n) is 8.97. The van der Waals surface area contributed by atoms with Gasteiger partial charge >= 0.3 is 0 Å². The van der Waals surface area contributed by atoms with E-state index in [1.807, 2.05) is 62.4 Å². The van der Waals surface area contributed by atoms with Crippen LogP contribution in [0.1, 0.15) is 24.1 Å². The number of hydrogen-bond acceptors (Lipinski definition) is 5. The molecule has 1 atom stereocenters. The van der Waals surface area contributed by atoms with E-state index in [9.17, 15) is 4.79 Å². The summed E-state index contributed by atoms with van der Waals surface area (Å²) >= 11 is 0. The van der Waals surface area contributed by atoms with E-state index in [1.165, 1.54) is 6.33 Å². The molecule has 0 spiro atoms. The lowest BCUT2D eigenvalue weighted by Crippen LogP contribution is -2.31. The second-order valence-electron chi connectivity index (χ2n) is 6.61. The van der Waals surface area contributed by atoms with Gasteiger partial charge in [-0.3, -0.25) is 4.79 Å². The molecule has 0 radical (unpaired) electrons. The number of allylic oxidation sites excluding steroid dienone is 1. The van der Waals surface area contributed by atoms with Crippen molar-refractivity contribution in [1.82, 2.24) is 14.8 Å². The van der Waals surface area contributed by atoms with Crippen molar-refractivity contribution in [3.05, 3.63) is 77.3 Å². The molecule has 1 amide bonds. The molecule has 2 aromatic carbocycles. The maximum absolute atomic E-state index is 13.3. The maximum atomic E-state index is 13.3. The van der Waals surface area contributed by atoms with E-state index in [2.05, 4.69) is 20.7 Å². The fourth-order valence-electron chi connectivity index (χ4n) is 3.47. The molecule has 2 N–H and O–H groups in total. The van der Waals surface area contributed by atoms with Crippen LogP contribution in [0.25, 0.3) is 0 Å². The van der Waals surface area contributed by atoms with Gasteiger partial charge in [-0.05, 0) is 31.5 Å². The Balaban J connectivity index is 1.81. The number of benzene rings is 2. The van der Waals surface area contributed by atoms with Crippen molar-refractivity contribution in [2.75, 3.05) is 17.7 Å². The summed E-state index contributed by atoms with van der Waals surface area (Å²) in [4.78, 5) is 17.6. The molecule has 1 aromatic heterocycles. The van der Waals surface area contributed by atoms with Crippen LogP contribution in [0, 0.1) is 6.92 Å². The summed E-state index contributed by atoms with van der Waals surface area (Å²) in [6, 6.07) is 14.9. The number of carbonyl (C=O) groups excluding carboxylic acids is 1. The molecule has 7 nitrogen and oxygen atoms in total. The Morgan fingerprint density at radius 3 is 2.68 bits per heavy atom. The average molecular weight is 375 g/mol. The third-order valence-corrected chi connectivity index (χ3v) is 4.87. The lowest BCUT2D eigenvalue weighted by Gasteiger charge is -2.29. The zero-order chi connectivity index (χ0) is 19.7. The van der Waals surface area contributed by atoms with Gasteiger partial charge in [-0.15, -0.1) is 0 Å². The quantitative estimate of drug-likeness (QED) is 0.729. The average Bonchev–Trinajstić information content (AvgIpc) is 3.16. The van der Waals surface area contributed by atoms with Gasteiger partial charge < -0.3 is 15.4 Å². The molecule has 0 saturated carbocycles. The van der Waals surface area contributed by atoms with Crippen LogP contribution >= 0.6 is 0 Å². The van der Waals surface area contributed by atoms with Crippen molar-refractivity contribution in [2.24, 2.45) is 0 Å². The first-order valence-corrected chi connectivity index (χ1v) is 8.97. The van der Waals surface area contributed by atoms with Crippen LogP contribution in [0.15, 0.2) is 66.1 Å². The largest absolute Gasteiger partial charge is 0.496 e. The third kappa shape index (κ3) is 3.00. The van der Waals surface area contributed by atoms with Gasteiger partial charge in [-0.1, -0.05) is 36.4 Å². The second kappa shape index (κ2) is 7.19. The standard InChI is InChI=1S/C21H21N5O2/c1-13-8-4-6-10-16(13)25-20(27)18-14(2)24-21-22-12-23-26(21)19(18)15-9-5-7-11-17(15)28-3/h4-12,19H,1-3H3,(H,25,27)(H,22,23,24)/t19-/m0/s1. The van der Waals surface area contributed by atoms with Crippen LogP contribution in [-0.2, 0) is 4.79 Å². The van der Waals surface area contributed by atoms with E-state index in [4.69, 9.17) is 4.74 Å². The molecule has 7 heteroatoms. The minimum Gasteiger partial charge on any atom is -0.496 e. The van der Waals surface area contributed by atoms with E-state index in [0.717, 1.165) is 22.5 Å². The summed E-state index contributed by atoms with van der Waals surface area (Å²) in [5.74, 6) is 1.07. The van der Waals surface area contributed by atoms with Crippen molar-refractivity contribution in [2.45, 2.75) is 19.9 Å². The number of fused-ring (bicyclic) bond motifs is 1. The van der Waals surface area contributed by atoms with Gasteiger partial charge in [0.25, 0.3) is 5.91 Å². The second-order valence-corrected chi connectivity index (χ2v) is 6.61. The SMILES string of the molecule is COc1ccccc1[C@H]1C(C(=O)Nc2ccccc2C)=C(C)Nc2ncnn21. The summed E-state index contributed by atoms with van der Waals surface area (Å²) < 4.78 is 7.26. The topological polar surface area (TPSA) is 81.1 Å². The molecular weight excluding hydrogens is 354 g/mol. The van der Waals surface area contributed by atoms with E-state index in [0.29, 0.717) is 17.3 Å². The van der Waals surface area contributed by atoms with Crippen LogP contribution < -0.4 is 15.4 Å². The van der Waals surface area contributed by atoms with E-state index < -0.39 is 6.04 Å². The van der Waals surface area contributed by atoms with Crippen molar-refractivity contribution in [3.8, 4) is 5.75 Å². The number of ether oxygens (including phenoxy) is 1. The summed E-state index contributed by atoms with van der Waals surface area (Å²) in [6.45, 7) is 3.83. The number of aryl methyl sites for hydroxylation is 1. The Morgan fingerprint density at radius 2 is 1.89 bits per heavy atom. The molecule has 1 aliphatic rings. The monoisotopic (exact) mass is 375 g/mol. The number of methoxy groups -OCH3 is 1. The molecule has 0 aliphatic carbocycles. The molecule has 2 heterocycles. The van der Waals surface area contributed by atoms with Gasteiger partial charge in [0.05, 0.1) is 12.7 Å². The number of para-hydroxylation sites is 2. The Hall–Kier alpha value is -3.61. The molecule has 3 aromatic rings. The minimum absolute atomic E-state index is 0.198. The summed E-state index contributed by atoms with van der Waals surface area (Å²) in [7, 11) is 1.62. The molecule has 28 heavy (non-hydrogen) atoms. The fraction of sp³-hybridized carbons (Fsp3) is 0.190. The Bertz CT molecular complexity index is 1070. The van der Waals surface area contributed by atoms with E-state index in [-0.39, 0.29) is 5.91 Å². The van der Waals surface area contributed by atoms with Crippen LogP contribution in [-0.4, -0.2) is 27.8 Å². The third-order valence-electron chi connectivity index (χ3n) is 4.87.